The summed E-state index contributed by atoms with van der Waals surface area (Å²) in [4.78, 5) is 17.0. The molecule has 1 fully saturated rings. The monoisotopic (exact) mass is 403 g/mol. The molecule has 1 N–H and O–H groups in total. The van der Waals surface area contributed by atoms with Gasteiger partial charge in [-0.2, -0.15) is 0 Å². The molecule has 1 amide bonds. The second-order valence-corrected chi connectivity index (χ2v) is 8.34. The largest absolute Gasteiger partial charge is 0.376 e. The summed E-state index contributed by atoms with van der Waals surface area (Å²) in [6, 6.07) is 3.59. The number of hydrogen-bond donors (Lipinski definition) is 1. The van der Waals surface area contributed by atoms with Gasteiger partial charge < -0.3 is 14.6 Å². The maximum Gasteiger partial charge on any atom is 0.254 e. The number of rotatable bonds is 8. The second kappa shape index (κ2) is 10.1. The summed E-state index contributed by atoms with van der Waals surface area (Å²) in [5.74, 6) is 1.96. The molecule has 0 aromatic carbocycles. The first-order valence-corrected chi connectivity index (χ1v) is 10.9. The van der Waals surface area contributed by atoms with Crippen molar-refractivity contribution in [2.75, 3.05) is 13.2 Å². The molecule has 2 aromatic rings. The highest BCUT2D eigenvalue weighted by molar-refractivity contribution is 7.98. The third-order valence-corrected chi connectivity index (χ3v) is 6.33. The minimum Gasteiger partial charge on any atom is -0.376 e. The summed E-state index contributed by atoms with van der Waals surface area (Å²) < 4.78 is 11.2. The molecule has 2 unspecified atom stereocenters. The van der Waals surface area contributed by atoms with Crippen LogP contribution >= 0.6 is 11.8 Å². The first kappa shape index (κ1) is 20.9. The summed E-state index contributed by atoms with van der Waals surface area (Å²) in [6.07, 6.45) is 6.93. The highest BCUT2D eigenvalue weighted by Crippen LogP contribution is 2.27. The molecule has 28 heavy (non-hydrogen) atoms. The van der Waals surface area contributed by atoms with Gasteiger partial charge in [0.1, 0.15) is 10.8 Å². The molecular weight excluding hydrogens is 374 g/mol. The molecule has 6 nitrogen and oxygen atoms in total. The number of nitrogens with zero attached hydrogens (tertiary/aromatic N) is 2. The van der Waals surface area contributed by atoms with Crippen molar-refractivity contribution in [1.29, 1.82) is 0 Å². The van der Waals surface area contributed by atoms with Crippen LogP contribution in [-0.2, 0) is 10.5 Å². The lowest BCUT2D eigenvalue weighted by Gasteiger charge is -2.28. The van der Waals surface area contributed by atoms with Crippen molar-refractivity contribution in [1.82, 2.24) is 15.5 Å². The highest BCUT2D eigenvalue weighted by atomic mass is 32.2. The zero-order chi connectivity index (χ0) is 19.9. The lowest BCUT2D eigenvalue weighted by molar-refractivity contribution is -0.00294. The molecule has 2 aromatic heterocycles. The molecule has 152 valence electrons. The maximum atomic E-state index is 12.6. The number of aromatic nitrogens is 2. The van der Waals surface area contributed by atoms with Crippen LogP contribution in [-0.4, -0.2) is 35.3 Å². The van der Waals surface area contributed by atoms with E-state index < -0.39 is 0 Å². The van der Waals surface area contributed by atoms with Crippen LogP contribution < -0.4 is 5.32 Å². The van der Waals surface area contributed by atoms with E-state index in [2.05, 4.69) is 22.4 Å². The van der Waals surface area contributed by atoms with Gasteiger partial charge in [0.25, 0.3) is 5.91 Å². The average molecular weight is 404 g/mol. The van der Waals surface area contributed by atoms with Crippen molar-refractivity contribution in [2.24, 2.45) is 5.92 Å². The summed E-state index contributed by atoms with van der Waals surface area (Å²) in [5, 5.41) is 7.65. The summed E-state index contributed by atoms with van der Waals surface area (Å²) in [7, 11) is 0. The normalized spacial score (nSPS) is 19.5. The zero-order valence-corrected chi connectivity index (χ0v) is 17.7. The van der Waals surface area contributed by atoms with Crippen LogP contribution in [0.5, 0.6) is 0 Å². The quantitative estimate of drug-likeness (QED) is 0.523. The van der Waals surface area contributed by atoms with Gasteiger partial charge in [-0.25, -0.2) is 4.98 Å². The van der Waals surface area contributed by atoms with E-state index in [0.29, 0.717) is 41.5 Å². The number of hydrogen-bond acceptors (Lipinski definition) is 6. The predicted molar refractivity (Wildman–Crippen MR) is 109 cm³/mol. The molecule has 1 aliphatic carbocycles. The van der Waals surface area contributed by atoms with Crippen LogP contribution in [0.3, 0.4) is 0 Å². The van der Waals surface area contributed by atoms with Crippen molar-refractivity contribution in [3.8, 4) is 0 Å². The van der Waals surface area contributed by atoms with Crippen molar-refractivity contribution < 1.29 is 14.1 Å². The van der Waals surface area contributed by atoms with E-state index in [4.69, 9.17) is 9.26 Å². The Hall–Kier alpha value is -1.86. The second-order valence-electron chi connectivity index (χ2n) is 7.37. The first-order chi connectivity index (χ1) is 13.6. The van der Waals surface area contributed by atoms with Crippen molar-refractivity contribution in [3.05, 3.63) is 40.9 Å². The molecule has 2 atom stereocenters. The van der Waals surface area contributed by atoms with Crippen LogP contribution in [0.15, 0.2) is 27.9 Å². The summed E-state index contributed by atoms with van der Waals surface area (Å²) >= 11 is 1.52. The minimum absolute atomic E-state index is 0.116. The SMILES string of the molecule is Cc1noc(C)c1CSc1ncccc1C(=O)NCCOC1CCCCC1C. The Kier molecular flexibility index (Phi) is 7.50. The van der Waals surface area contributed by atoms with Gasteiger partial charge in [0.2, 0.25) is 0 Å². The van der Waals surface area contributed by atoms with E-state index in [-0.39, 0.29) is 5.91 Å². The van der Waals surface area contributed by atoms with Crippen LogP contribution in [0.1, 0.15) is 60.0 Å². The van der Waals surface area contributed by atoms with E-state index in [1.54, 1.807) is 12.3 Å². The molecular formula is C21H29N3O3S. The maximum absolute atomic E-state index is 12.6. The molecule has 3 rings (SSSR count). The third-order valence-electron chi connectivity index (χ3n) is 5.30. The molecule has 0 saturated heterocycles. The number of carbonyl (C=O) groups excluding carboxylic acids is 1. The fourth-order valence-electron chi connectivity index (χ4n) is 3.53. The predicted octanol–water partition coefficient (Wildman–Crippen LogP) is 4.30. The van der Waals surface area contributed by atoms with Gasteiger partial charge in [0, 0.05) is 24.1 Å². The topological polar surface area (TPSA) is 77.2 Å². The average Bonchev–Trinajstić information content (AvgIpc) is 3.02. The fraction of sp³-hybridized carbons (Fsp3) is 0.571. The Morgan fingerprint density at radius 1 is 1.36 bits per heavy atom. The summed E-state index contributed by atoms with van der Waals surface area (Å²) in [6.45, 7) is 7.12. The van der Waals surface area contributed by atoms with E-state index in [1.165, 1.54) is 31.0 Å². The number of amides is 1. The van der Waals surface area contributed by atoms with Gasteiger partial charge in [-0.05, 0) is 44.7 Å². The molecule has 0 aliphatic heterocycles. The summed E-state index contributed by atoms with van der Waals surface area (Å²) in [5.41, 5.74) is 2.52. The smallest absolute Gasteiger partial charge is 0.254 e. The van der Waals surface area contributed by atoms with E-state index in [1.807, 2.05) is 19.9 Å². The van der Waals surface area contributed by atoms with Gasteiger partial charge in [-0.1, -0.05) is 24.9 Å². The van der Waals surface area contributed by atoms with Crippen molar-refractivity contribution >= 4 is 17.7 Å². The van der Waals surface area contributed by atoms with Crippen molar-refractivity contribution in [3.63, 3.8) is 0 Å². The molecule has 0 spiro atoms. The van der Waals surface area contributed by atoms with Crippen molar-refractivity contribution in [2.45, 2.75) is 63.3 Å². The number of aryl methyl sites for hydroxylation is 2. The lowest BCUT2D eigenvalue weighted by atomic mass is 9.88. The minimum atomic E-state index is -0.116. The number of carbonyl (C=O) groups is 1. The van der Waals surface area contributed by atoms with Crippen LogP contribution in [0.2, 0.25) is 0 Å². The molecule has 2 heterocycles. The molecule has 0 radical (unpaired) electrons. The van der Waals surface area contributed by atoms with E-state index >= 15 is 0 Å². The standard InChI is InChI=1S/C21H29N3O3S/c1-14-7-4-5-9-19(14)26-12-11-22-20(25)17-8-6-10-23-21(17)28-13-18-15(2)24-27-16(18)3/h6,8,10,14,19H,4-5,7,9,11-13H2,1-3H3,(H,22,25). The molecule has 7 heteroatoms. The number of ether oxygens (including phenoxy) is 1. The Morgan fingerprint density at radius 2 is 2.18 bits per heavy atom. The first-order valence-electron chi connectivity index (χ1n) is 9.95. The Bertz CT molecular complexity index is 773. The number of thioether (sulfide) groups is 1. The fourth-order valence-corrected chi connectivity index (χ4v) is 4.67. The third kappa shape index (κ3) is 5.35. The van der Waals surface area contributed by atoms with Crippen LogP contribution in [0.25, 0.3) is 0 Å². The van der Waals surface area contributed by atoms with Gasteiger partial charge in [-0.3, -0.25) is 4.79 Å². The Morgan fingerprint density at radius 3 is 2.93 bits per heavy atom. The molecule has 1 saturated carbocycles. The highest BCUT2D eigenvalue weighted by Gasteiger charge is 2.21. The van der Waals surface area contributed by atoms with Gasteiger partial charge in [0.15, 0.2) is 0 Å². The van der Waals surface area contributed by atoms with Gasteiger partial charge >= 0.3 is 0 Å². The number of nitrogens with one attached hydrogen (secondary N) is 1. The molecule has 1 aliphatic rings. The lowest BCUT2D eigenvalue weighted by Crippen LogP contribution is -2.32. The zero-order valence-electron chi connectivity index (χ0n) is 16.9. The van der Waals surface area contributed by atoms with E-state index in [0.717, 1.165) is 23.4 Å². The Labute approximate surface area is 170 Å². The number of pyridine rings is 1. The van der Waals surface area contributed by atoms with Gasteiger partial charge in [0.05, 0.1) is 24.0 Å². The van der Waals surface area contributed by atoms with E-state index in [9.17, 15) is 4.79 Å². The molecule has 0 bridgehead atoms. The van der Waals surface area contributed by atoms with Crippen LogP contribution in [0.4, 0.5) is 0 Å². The van der Waals surface area contributed by atoms with Gasteiger partial charge in [-0.15, -0.1) is 11.8 Å². The Balaban J connectivity index is 1.51. The van der Waals surface area contributed by atoms with Crippen LogP contribution in [0, 0.1) is 19.8 Å².